The molecule has 0 aliphatic carbocycles. The number of anilines is 1. The molecule has 0 saturated carbocycles. The summed E-state index contributed by atoms with van der Waals surface area (Å²) in [5.74, 6) is 1.63. The molecule has 0 bridgehead atoms. The molecule has 1 N–H and O–H groups in total. The third kappa shape index (κ3) is 4.59. The van der Waals surface area contributed by atoms with Gasteiger partial charge in [0.1, 0.15) is 11.5 Å². The molecule has 21 heavy (non-hydrogen) atoms. The van der Waals surface area contributed by atoms with Crippen molar-refractivity contribution >= 4 is 23.5 Å². The highest BCUT2D eigenvalue weighted by molar-refractivity contribution is 8.00. The second-order valence-corrected chi connectivity index (χ2v) is 7.67. The number of amides is 1. The van der Waals surface area contributed by atoms with Gasteiger partial charge in [0.2, 0.25) is 0 Å². The molecule has 2 rings (SSSR count). The zero-order chi connectivity index (χ0) is 15.3. The SMILES string of the molecule is CCCNc1cncc(C(=O)N2CCSC(C)(C)CC2)n1. The number of carbonyl (C=O) groups excluding carboxylic acids is 1. The van der Waals surface area contributed by atoms with E-state index >= 15 is 0 Å². The summed E-state index contributed by atoms with van der Waals surface area (Å²) in [5.41, 5.74) is 0.431. The fourth-order valence-electron chi connectivity index (χ4n) is 2.19. The number of aromatic nitrogens is 2. The van der Waals surface area contributed by atoms with E-state index in [9.17, 15) is 4.79 Å². The van der Waals surface area contributed by atoms with Crippen molar-refractivity contribution in [1.29, 1.82) is 0 Å². The molecule has 1 aliphatic rings. The zero-order valence-electron chi connectivity index (χ0n) is 13.1. The largest absolute Gasteiger partial charge is 0.369 e. The number of rotatable bonds is 4. The minimum absolute atomic E-state index is 0.0130. The Bertz CT molecular complexity index is 492. The Morgan fingerprint density at radius 1 is 1.43 bits per heavy atom. The summed E-state index contributed by atoms with van der Waals surface area (Å²) >= 11 is 1.93. The maximum Gasteiger partial charge on any atom is 0.274 e. The first-order chi connectivity index (χ1) is 10.0. The Kier molecular flexibility index (Phi) is 5.45. The smallest absolute Gasteiger partial charge is 0.274 e. The standard InChI is InChI=1S/C15H24N4OS/c1-4-6-17-13-11-16-10-12(18-13)14(20)19-7-5-15(2,3)21-9-8-19/h10-11H,4-9H2,1-3H3,(H,17,18). The third-order valence-electron chi connectivity index (χ3n) is 3.53. The van der Waals surface area contributed by atoms with Gasteiger partial charge in [-0.15, -0.1) is 0 Å². The minimum Gasteiger partial charge on any atom is -0.369 e. The molecule has 116 valence electrons. The Morgan fingerprint density at radius 2 is 2.24 bits per heavy atom. The highest BCUT2D eigenvalue weighted by Crippen LogP contribution is 2.30. The molecule has 6 heteroatoms. The summed E-state index contributed by atoms with van der Waals surface area (Å²) in [6.45, 7) is 8.96. The van der Waals surface area contributed by atoms with E-state index in [1.54, 1.807) is 12.4 Å². The number of hydrogen-bond acceptors (Lipinski definition) is 5. The van der Waals surface area contributed by atoms with Gasteiger partial charge >= 0.3 is 0 Å². The molecule has 0 unspecified atom stereocenters. The lowest BCUT2D eigenvalue weighted by Crippen LogP contribution is -2.34. The molecular weight excluding hydrogens is 284 g/mol. The minimum atomic E-state index is -0.0130. The predicted molar refractivity (Wildman–Crippen MR) is 87.9 cm³/mol. The number of hydrogen-bond donors (Lipinski definition) is 1. The Balaban J connectivity index is 2.05. The molecule has 0 aromatic carbocycles. The molecule has 0 spiro atoms. The predicted octanol–water partition coefficient (Wildman–Crippen LogP) is 2.66. The first-order valence-electron chi connectivity index (χ1n) is 7.51. The monoisotopic (exact) mass is 308 g/mol. The second kappa shape index (κ2) is 7.11. The van der Waals surface area contributed by atoms with Gasteiger partial charge in [-0.2, -0.15) is 11.8 Å². The van der Waals surface area contributed by atoms with E-state index in [0.717, 1.165) is 38.2 Å². The molecule has 1 aromatic heterocycles. The van der Waals surface area contributed by atoms with E-state index in [4.69, 9.17) is 0 Å². The first kappa shape index (κ1) is 16.1. The lowest BCUT2D eigenvalue weighted by Gasteiger charge is -2.22. The number of nitrogens with one attached hydrogen (secondary N) is 1. The van der Waals surface area contributed by atoms with Gasteiger partial charge in [0.05, 0.1) is 12.4 Å². The molecule has 0 atom stereocenters. The summed E-state index contributed by atoms with van der Waals surface area (Å²) in [6.07, 6.45) is 5.24. The molecule has 1 amide bonds. The van der Waals surface area contributed by atoms with Crippen LogP contribution in [0, 0.1) is 0 Å². The zero-order valence-corrected chi connectivity index (χ0v) is 13.9. The van der Waals surface area contributed by atoms with Crippen LogP contribution in [0.3, 0.4) is 0 Å². The molecule has 1 aliphatic heterocycles. The van der Waals surface area contributed by atoms with Crippen molar-refractivity contribution in [2.24, 2.45) is 0 Å². The highest BCUT2D eigenvalue weighted by atomic mass is 32.2. The summed E-state index contributed by atoms with van der Waals surface area (Å²) in [7, 11) is 0. The van der Waals surface area contributed by atoms with Crippen LogP contribution in [0.25, 0.3) is 0 Å². The van der Waals surface area contributed by atoms with Crippen molar-refractivity contribution < 1.29 is 4.79 Å². The number of thioether (sulfide) groups is 1. The van der Waals surface area contributed by atoms with Crippen LogP contribution >= 0.6 is 11.8 Å². The van der Waals surface area contributed by atoms with Crippen LogP contribution in [0.1, 0.15) is 44.1 Å². The summed E-state index contributed by atoms with van der Waals surface area (Å²) < 4.78 is 0.241. The molecule has 1 aromatic rings. The Hall–Kier alpha value is -1.30. The summed E-state index contributed by atoms with van der Waals surface area (Å²) in [6, 6.07) is 0. The second-order valence-electron chi connectivity index (χ2n) is 5.87. The molecular formula is C15H24N4OS. The molecule has 2 heterocycles. The van der Waals surface area contributed by atoms with E-state index in [2.05, 4.69) is 36.1 Å². The van der Waals surface area contributed by atoms with Gasteiger partial charge < -0.3 is 10.2 Å². The fourth-order valence-corrected chi connectivity index (χ4v) is 3.29. The van der Waals surface area contributed by atoms with Crippen molar-refractivity contribution in [1.82, 2.24) is 14.9 Å². The average Bonchev–Trinajstić information content (AvgIpc) is 2.65. The lowest BCUT2D eigenvalue weighted by molar-refractivity contribution is 0.0758. The van der Waals surface area contributed by atoms with Gasteiger partial charge in [0, 0.05) is 30.1 Å². The van der Waals surface area contributed by atoms with Crippen LogP contribution in [0.4, 0.5) is 5.82 Å². The maximum atomic E-state index is 12.6. The number of carbonyl (C=O) groups is 1. The first-order valence-corrected chi connectivity index (χ1v) is 8.49. The van der Waals surface area contributed by atoms with Gasteiger partial charge in [-0.25, -0.2) is 4.98 Å². The fraction of sp³-hybridized carbons (Fsp3) is 0.667. The average molecular weight is 308 g/mol. The highest BCUT2D eigenvalue weighted by Gasteiger charge is 2.27. The van der Waals surface area contributed by atoms with Crippen molar-refractivity contribution in [3.63, 3.8) is 0 Å². The Labute approximate surface area is 130 Å². The molecule has 0 radical (unpaired) electrons. The molecule has 5 nitrogen and oxygen atoms in total. The van der Waals surface area contributed by atoms with E-state index in [-0.39, 0.29) is 10.7 Å². The van der Waals surface area contributed by atoms with E-state index in [1.807, 2.05) is 16.7 Å². The van der Waals surface area contributed by atoms with Crippen molar-refractivity contribution in [3.8, 4) is 0 Å². The summed E-state index contributed by atoms with van der Waals surface area (Å²) in [5, 5.41) is 3.17. The van der Waals surface area contributed by atoms with Crippen LogP contribution < -0.4 is 5.32 Å². The van der Waals surface area contributed by atoms with Gasteiger partial charge in [0.25, 0.3) is 5.91 Å². The van der Waals surface area contributed by atoms with Crippen LogP contribution in [-0.2, 0) is 0 Å². The van der Waals surface area contributed by atoms with Crippen molar-refractivity contribution in [3.05, 3.63) is 18.1 Å². The van der Waals surface area contributed by atoms with E-state index in [0.29, 0.717) is 11.5 Å². The van der Waals surface area contributed by atoms with Crippen molar-refractivity contribution in [2.45, 2.75) is 38.4 Å². The summed E-state index contributed by atoms with van der Waals surface area (Å²) in [4.78, 5) is 23.0. The van der Waals surface area contributed by atoms with Crippen LogP contribution in [0.15, 0.2) is 12.4 Å². The quantitative estimate of drug-likeness (QED) is 0.926. The van der Waals surface area contributed by atoms with Gasteiger partial charge in [-0.3, -0.25) is 9.78 Å². The van der Waals surface area contributed by atoms with Crippen molar-refractivity contribution in [2.75, 3.05) is 30.7 Å². The van der Waals surface area contributed by atoms with Gasteiger partial charge in [-0.05, 0) is 12.8 Å². The van der Waals surface area contributed by atoms with E-state index in [1.165, 1.54) is 0 Å². The normalized spacial score (nSPS) is 18.1. The third-order valence-corrected chi connectivity index (χ3v) is 4.91. The Morgan fingerprint density at radius 3 is 3.00 bits per heavy atom. The van der Waals surface area contributed by atoms with E-state index < -0.39 is 0 Å². The topological polar surface area (TPSA) is 58.1 Å². The van der Waals surface area contributed by atoms with Gasteiger partial charge in [-0.1, -0.05) is 20.8 Å². The van der Waals surface area contributed by atoms with Crippen LogP contribution in [0.5, 0.6) is 0 Å². The number of nitrogens with zero attached hydrogens (tertiary/aromatic N) is 3. The lowest BCUT2D eigenvalue weighted by atomic mass is 10.1. The van der Waals surface area contributed by atoms with Gasteiger partial charge in [0.15, 0.2) is 0 Å². The molecule has 1 saturated heterocycles. The van der Waals surface area contributed by atoms with Crippen LogP contribution in [0.2, 0.25) is 0 Å². The maximum absolute atomic E-state index is 12.6. The van der Waals surface area contributed by atoms with Crippen LogP contribution in [-0.4, -0.2) is 50.9 Å². The molecule has 1 fully saturated rings.